The van der Waals surface area contributed by atoms with Crippen LogP contribution in [-0.4, -0.2) is 47.1 Å². The molecule has 0 aliphatic heterocycles. The van der Waals surface area contributed by atoms with Gasteiger partial charge in [0.2, 0.25) is 0 Å². The lowest BCUT2D eigenvalue weighted by Crippen LogP contribution is -2.40. The Bertz CT molecular complexity index is 707. The van der Waals surface area contributed by atoms with Crippen LogP contribution in [0, 0.1) is 5.92 Å². The minimum atomic E-state index is 0.482. The third-order valence-corrected chi connectivity index (χ3v) is 4.88. The van der Waals surface area contributed by atoms with E-state index in [0.29, 0.717) is 18.5 Å². The maximum absolute atomic E-state index is 4.46. The van der Waals surface area contributed by atoms with Crippen molar-refractivity contribution in [2.24, 2.45) is 10.9 Å². The molecule has 6 heteroatoms. The Balaban J connectivity index is 1.72. The van der Waals surface area contributed by atoms with Crippen molar-refractivity contribution in [1.82, 2.24) is 25.1 Å². The molecule has 0 aliphatic carbocycles. The van der Waals surface area contributed by atoms with E-state index in [0.717, 1.165) is 37.8 Å². The number of imidazole rings is 1. The van der Waals surface area contributed by atoms with Gasteiger partial charge in [-0.25, -0.2) is 4.98 Å². The summed E-state index contributed by atoms with van der Waals surface area (Å²) in [6, 6.07) is 11.1. The largest absolute Gasteiger partial charge is 0.356 e. The van der Waals surface area contributed by atoms with E-state index in [-0.39, 0.29) is 0 Å². The average Bonchev–Trinajstić information content (AvgIpc) is 3.11. The molecule has 0 spiro atoms. The fourth-order valence-corrected chi connectivity index (χ4v) is 3.10. The highest BCUT2D eigenvalue weighted by Crippen LogP contribution is 2.08. The van der Waals surface area contributed by atoms with Crippen molar-refractivity contribution in [1.29, 1.82) is 0 Å². The van der Waals surface area contributed by atoms with E-state index in [2.05, 4.69) is 88.2 Å². The maximum atomic E-state index is 4.46. The van der Waals surface area contributed by atoms with Gasteiger partial charge in [-0.05, 0) is 31.9 Å². The topological polar surface area (TPSA) is 57.5 Å². The molecule has 154 valence electrons. The highest BCUT2D eigenvalue weighted by molar-refractivity contribution is 5.79. The molecule has 0 saturated heterocycles. The summed E-state index contributed by atoms with van der Waals surface area (Å²) in [6.07, 6.45) is 4.95. The van der Waals surface area contributed by atoms with E-state index in [4.69, 9.17) is 0 Å². The normalized spacial score (nSPS) is 13.2. The average molecular weight is 385 g/mol. The van der Waals surface area contributed by atoms with Crippen LogP contribution in [0.25, 0.3) is 0 Å². The van der Waals surface area contributed by atoms with Gasteiger partial charge in [-0.3, -0.25) is 9.89 Å². The number of aromatic nitrogens is 2. The van der Waals surface area contributed by atoms with Crippen molar-refractivity contribution in [3.63, 3.8) is 0 Å². The number of rotatable bonds is 10. The van der Waals surface area contributed by atoms with Gasteiger partial charge in [0.05, 0.1) is 6.54 Å². The molecule has 1 aromatic heterocycles. The molecule has 1 atom stereocenters. The Morgan fingerprint density at radius 3 is 2.61 bits per heavy atom. The summed E-state index contributed by atoms with van der Waals surface area (Å²) in [4.78, 5) is 11.2. The maximum Gasteiger partial charge on any atom is 0.191 e. The second-order valence-electron chi connectivity index (χ2n) is 7.78. The molecule has 2 aromatic rings. The Morgan fingerprint density at radius 2 is 1.93 bits per heavy atom. The second kappa shape index (κ2) is 11.5. The summed E-state index contributed by atoms with van der Waals surface area (Å²) in [5, 5.41) is 6.79. The number of nitrogens with zero attached hydrogens (tertiary/aromatic N) is 4. The Kier molecular flexibility index (Phi) is 9.01. The van der Waals surface area contributed by atoms with E-state index in [1.807, 2.05) is 12.4 Å². The van der Waals surface area contributed by atoms with Gasteiger partial charge >= 0.3 is 0 Å². The number of aliphatic imine (C=N–C) groups is 1. The zero-order chi connectivity index (χ0) is 20.4. The zero-order valence-corrected chi connectivity index (χ0v) is 18.0. The Hall–Kier alpha value is -2.34. The van der Waals surface area contributed by atoms with Gasteiger partial charge in [0.25, 0.3) is 0 Å². The molecule has 28 heavy (non-hydrogen) atoms. The Labute approximate surface area is 170 Å². The molecule has 0 radical (unpaired) electrons. The van der Waals surface area contributed by atoms with E-state index < -0.39 is 0 Å². The first kappa shape index (κ1) is 22.0. The number of nitrogens with one attached hydrogen (secondary N) is 2. The van der Waals surface area contributed by atoms with Crippen molar-refractivity contribution in [2.75, 3.05) is 20.6 Å². The highest BCUT2D eigenvalue weighted by atomic mass is 15.2. The van der Waals surface area contributed by atoms with Crippen LogP contribution in [0.5, 0.6) is 0 Å². The Morgan fingerprint density at radius 1 is 1.18 bits per heavy atom. The smallest absolute Gasteiger partial charge is 0.191 e. The van der Waals surface area contributed by atoms with Crippen LogP contribution in [0.4, 0.5) is 0 Å². The van der Waals surface area contributed by atoms with Crippen LogP contribution in [0.1, 0.15) is 38.6 Å². The molecule has 0 bridgehead atoms. The van der Waals surface area contributed by atoms with Crippen molar-refractivity contribution in [3.8, 4) is 0 Å². The summed E-state index contributed by atoms with van der Waals surface area (Å²) >= 11 is 0. The lowest BCUT2D eigenvalue weighted by molar-refractivity contribution is 0.238. The van der Waals surface area contributed by atoms with Gasteiger partial charge in [0, 0.05) is 45.1 Å². The fraction of sp³-hybridized carbons (Fsp3) is 0.545. The lowest BCUT2D eigenvalue weighted by atomic mass is 10.1. The summed E-state index contributed by atoms with van der Waals surface area (Å²) in [5.41, 5.74) is 1.35. The molecule has 0 saturated carbocycles. The molecule has 0 amide bonds. The molecule has 6 nitrogen and oxygen atoms in total. The van der Waals surface area contributed by atoms with Crippen LogP contribution in [0.2, 0.25) is 0 Å². The van der Waals surface area contributed by atoms with Gasteiger partial charge in [0.1, 0.15) is 5.82 Å². The first-order chi connectivity index (χ1) is 13.5. The fourth-order valence-electron chi connectivity index (χ4n) is 3.10. The van der Waals surface area contributed by atoms with E-state index in [9.17, 15) is 0 Å². The predicted molar refractivity (Wildman–Crippen MR) is 117 cm³/mol. The molecular weight excluding hydrogens is 348 g/mol. The van der Waals surface area contributed by atoms with Crippen LogP contribution in [0.15, 0.2) is 47.7 Å². The number of hydrogen-bond acceptors (Lipinski definition) is 3. The molecule has 1 unspecified atom stereocenters. The van der Waals surface area contributed by atoms with E-state index in [1.54, 1.807) is 7.05 Å². The van der Waals surface area contributed by atoms with Gasteiger partial charge in [-0.15, -0.1) is 0 Å². The lowest BCUT2D eigenvalue weighted by Gasteiger charge is -2.25. The van der Waals surface area contributed by atoms with Crippen molar-refractivity contribution < 1.29 is 0 Å². The SMILES string of the molecule is CN=C(NCCC(C)N(C)Cc1ccccc1)NCc1nccn1CC(C)C. The predicted octanol–water partition coefficient (Wildman–Crippen LogP) is 3.11. The third kappa shape index (κ3) is 7.35. The zero-order valence-electron chi connectivity index (χ0n) is 18.0. The molecule has 0 fully saturated rings. The van der Waals surface area contributed by atoms with E-state index >= 15 is 0 Å². The second-order valence-corrected chi connectivity index (χ2v) is 7.78. The first-order valence-electron chi connectivity index (χ1n) is 10.2. The van der Waals surface area contributed by atoms with Crippen LogP contribution < -0.4 is 10.6 Å². The van der Waals surface area contributed by atoms with Gasteiger partial charge in [-0.2, -0.15) is 0 Å². The molecule has 2 N–H and O–H groups in total. The van der Waals surface area contributed by atoms with Crippen LogP contribution in [-0.2, 0) is 19.6 Å². The molecule has 1 aromatic carbocycles. The van der Waals surface area contributed by atoms with Crippen LogP contribution in [0.3, 0.4) is 0 Å². The summed E-state index contributed by atoms with van der Waals surface area (Å²) in [6.45, 7) is 10.2. The minimum absolute atomic E-state index is 0.482. The number of hydrogen-bond donors (Lipinski definition) is 2. The highest BCUT2D eigenvalue weighted by Gasteiger charge is 2.10. The molecule has 0 aliphatic rings. The van der Waals surface area contributed by atoms with Crippen molar-refractivity contribution in [3.05, 3.63) is 54.1 Å². The van der Waals surface area contributed by atoms with Gasteiger partial charge in [0.15, 0.2) is 5.96 Å². The quantitative estimate of drug-likeness (QED) is 0.488. The standard InChI is InChI=1S/C22H36N6/c1-18(2)16-28-14-13-24-21(28)15-26-22(23-4)25-12-11-19(3)27(5)17-20-9-7-6-8-10-20/h6-10,13-14,18-19H,11-12,15-17H2,1-5H3,(H2,23,25,26). The third-order valence-electron chi connectivity index (χ3n) is 4.88. The molecular formula is C22H36N6. The number of benzene rings is 1. The first-order valence-corrected chi connectivity index (χ1v) is 10.2. The summed E-state index contributed by atoms with van der Waals surface area (Å²) in [7, 11) is 3.99. The van der Waals surface area contributed by atoms with Crippen molar-refractivity contribution in [2.45, 2.75) is 52.9 Å². The number of guanidine groups is 1. The summed E-state index contributed by atoms with van der Waals surface area (Å²) < 4.78 is 2.20. The van der Waals surface area contributed by atoms with Gasteiger partial charge in [-0.1, -0.05) is 44.2 Å². The molecule has 2 rings (SSSR count). The summed E-state index contributed by atoms with van der Waals surface area (Å²) in [5.74, 6) is 2.45. The van der Waals surface area contributed by atoms with Crippen molar-refractivity contribution >= 4 is 5.96 Å². The van der Waals surface area contributed by atoms with Gasteiger partial charge < -0.3 is 15.2 Å². The molecule has 1 heterocycles. The monoisotopic (exact) mass is 384 g/mol. The van der Waals surface area contributed by atoms with Crippen LogP contribution >= 0.6 is 0 Å². The minimum Gasteiger partial charge on any atom is -0.356 e. The van der Waals surface area contributed by atoms with E-state index in [1.165, 1.54) is 5.56 Å².